The number of benzene rings is 4. The van der Waals surface area contributed by atoms with Gasteiger partial charge in [-0.2, -0.15) is 0 Å². The van der Waals surface area contributed by atoms with Gasteiger partial charge in [0.2, 0.25) is 0 Å². The van der Waals surface area contributed by atoms with Crippen LogP contribution >= 0.6 is 34.8 Å². The zero-order chi connectivity index (χ0) is 20.4. The van der Waals surface area contributed by atoms with Crippen molar-refractivity contribution in [2.75, 3.05) is 0 Å². The molecule has 0 aliphatic rings. The lowest BCUT2D eigenvalue weighted by Crippen LogP contribution is -2.30. The molecule has 1 N–H and O–H groups in total. The summed E-state index contributed by atoms with van der Waals surface area (Å²) < 4.78 is 0. The number of aromatic hydroxyl groups is 1. The average molecular weight is 440 g/mol. The summed E-state index contributed by atoms with van der Waals surface area (Å²) in [4.78, 5) is 0. The van der Waals surface area contributed by atoms with Crippen LogP contribution in [0.15, 0.2) is 97.1 Å². The van der Waals surface area contributed by atoms with E-state index in [1.807, 2.05) is 84.9 Å². The highest BCUT2D eigenvalue weighted by Crippen LogP contribution is 2.46. The van der Waals surface area contributed by atoms with E-state index in [0.717, 1.165) is 22.3 Å². The summed E-state index contributed by atoms with van der Waals surface area (Å²) in [7, 11) is 0. The molecule has 0 saturated carbocycles. The van der Waals surface area contributed by atoms with E-state index < -0.39 is 5.41 Å². The summed E-state index contributed by atoms with van der Waals surface area (Å²) in [5.41, 5.74) is 3.47. The monoisotopic (exact) mass is 438 g/mol. The van der Waals surface area contributed by atoms with E-state index >= 15 is 0 Å². The summed E-state index contributed by atoms with van der Waals surface area (Å²) in [6.07, 6.45) is 0. The largest absolute Gasteiger partial charge is 0.508 e. The molecule has 0 atom stereocenters. The van der Waals surface area contributed by atoms with Crippen LogP contribution in [0.1, 0.15) is 22.3 Å². The van der Waals surface area contributed by atoms with E-state index in [4.69, 9.17) is 34.8 Å². The first-order valence-corrected chi connectivity index (χ1v) is 10.2. The Balaban J connectivity index is 2.11. The van der Waals surface area contributed by atoms with Crippen LogP contribution in [0.4, 0.5) is 0 Å². The molecular weight excluding hydrogens is 423 g/mol. The Bertz CT molecular complexity index is 913. The highest BCUT2D eigenvalue weighted by Gasteiger charge is 2.38. The van der Waals surface area contributed by atoms with Crippen molar-refractivity contribution in [3.05, 3.63) is 134 Å². The maximum atomic E-state index is 9.89. The summed E-state index contributed by atoms with van der Waals surface area (Å²) in [5, 5.41) is 11.9. The van der Waals surface area contributed by atoms with Gasteiger partial charge in [0.05, 0.1) is 5.41 Å². The third-order valence-corrected chi connectivity index (χ3v) is 5.89. The van der Waals surface area contributed by atoms with Gasteiger partial charge in [-0.1, -0.05) is 83.3 Å². The summed E-state index contributed by atoms with van der Waals surface area (Å²) in [6.45, 7) is 0. The minimum absolute atomic E-state index is 0.214. The first-order valence-electron chi connectivity index (χ1n) is 9.08. The van der Waals surface area contributed by atoms with Gasteiger partial charge < -0.3 is 5.11 Å². The zero-order valence-corrected chi connectivity index (χ0v) is 17.6. The molecule has 1 nitrogen and oxygen atoms in total. The molecule has 0 radical (unpaired) electrons. The van der Waals surface area contributed by atoms with E-state index in [0.29, 0.717) is 15.1 Å². The number of rotatable bonds is 4. The normalized spacial score (nSPS) is 11.4. The molecule has 0 bridgehead atoms. The van der Waals surface area contributed by atoms with Gasteiger partial charge in [-0.05, 0) is 70.8 Å². The Hall–Kier alpha value is -2.45. The molecule has 0 aliphatic heterocycles. The number of phenols is 1. The molecule has 0 aliphatic carbocycles. The Morgan fingerprint density at radius 3 is 0.931 bits per heavy atom. The minimum atomic E-state index is -0.645. The van der Waals surface area contributed by atoms with Crippen molar-refractivity contribution in [1.29, 1.82) is 0 Å². The second kappa shape index (κ2) is 8.12. The lowest BCUT2D eigenvalue weighted by Gasteiger charge is -2.37. The SMILES string of the molecule is Oc1ccc(C(c2ccc(Cl)cc2)(c2ccc(Cl)cc2)c2ccc(Cl)cc2)cc1. The van der Waals surface area contributed by atoms with Crippen molar-refractivity contribution in [1.82, 2.24) is 0 Å². The Morgan fingerprint density at radius 2 is 0.655 bits per heavy atom. The van der Waals surface area contributed by atoms with Crippen molar-refractivity contribution < 1.29 is 5.11 Å². The minimum Gasteiger partial charge on any atom is -0.508 e. The van der Waals surface area contributed by atoms with Crippen LogP contribution in [-0.4, -0.2) is 5.11 Å². The second-order valence-electron chi connectivity index (χ2n) is 6.82. The fourth-order valence-corrected chi connectivity index (χ4v) is 4.19. The van der Waals surface area contributed by atoms with E-state index in [1.165, 1.54) is 0 Å². The van der Waals surface area contributed by atoms with E-state index in [-0.39, 0.29) is 5.75 Å². The number of phenolic OH excluding ortho intramolecular Hbond substituents is 1. The molecule has 0 unspecified atom stereocenters. The van der Waals surface area contributed by atoms with E-state index in [2.05, 4.69) is 0 Å². The summed E-state index contributed by atoms with van der Waals surface area (Å²) >= 11 is 18.6. The van der Waals surface area contributed by atoms with Crippen LogP contribution in [0.3, 0.4) is 0 Å². The van der Waals surface area contributed by atoms with Gasteiger partial charge >= 0.3 is 0 Å². The van der Waals surface area contributed by atoms with Crippen LogP contribution in [-0.2, 0) is 5.41 Å². The topological polar surface area (TPSA) is 20.2 Å². The first kappa shape index (κ1) is 19.8. The lowest BCUT2D eigenvalue weighted by molar-refractivity contribution is 0.475. The smallest absolute Gasteiger partial charge is 0.115 e. The van der Waals surface area contributed by atoms with Crippen molar-refractivity contribution in [3.63, 3.8) is 0 Å². The molecule has 144 valence electrons. The zero-order valence-electron chi connectivity index (χ0n) is 15.3. The predicted molar refractivity (Wildman–Crippen MR) is 121 cm³/mol. The molecule has 29 heavy (non-hydrogen) atoms. The summed E-state index contributed by atoms with van der Waals surface area (Å²) in [6, 6.07) is 30.8. The summed E-state index contributed by atoms with van der Waals surface area (Å²) in [5.74, 6) is 0.214. The van der Waals surface area contributed by atoms with Gasteiger partial charge in [-0.25, -0.2) is 0 Å². The van der Waals surface area contributed by atoms with Gasteiger partial charge in [0.15, 0.2) is 0 Å². The molecule has 4 aromatic rings. The van der Waals surface area contributed by atoms with Crippen LogP contribution in [0.5, 0.6) is 5.75 Å². The number of hydrogen-bond acceptors (Lipinski definition) is 1. The molecule has 0 saturated heterocycles. The van der Waals surface area contributed by atoms with Gasteiger partial charge in [-0.15, -0.1) is 0 Å². The van der Waals surface area contributed by atoms with Gasteiger partial charge in [0.1, 0.15) is 5.75 Å². The highest BCUT2D eigenvalue weighted by atomic mass is 35.5. The molecule has 0 spiro atoms. The molecule has 0 aromatic heterocycles. The molecule has 4 rings (SSSR count). The molecule has 0 amide bonds. The second-order valence-corrected chi connectivity index (χ2v) is 8.13. The third kappa shape index (κ3) is 3.74. The van der Waals surface area contributed by atoms with Crippen molar-refractivity contribution in [2.45, 2.75) is 5.41 Å². The van der Waals surface area contributed by atoms with Gasteiger partial charge in [0.25, 0.3) is 0 Å². The standard InChI is InChI=1S/C25H17Cl3O/c26-21-9-1-17(2-10-21)25(18-3-11-22(27)12-4-18,19-5-13-23(28)14-6-19)20-7-15-24(29)16-8-20/h1-16,29H. The Morgan fingerprint density at radius 1 is 0.414 bits per heavy atom. The van der Waals surface area contributed by atoms with Crippen molar-refractivity contribution in [3.8, 4) is 5.75 Å². The molecule has 4 heteroatoms. The number of hydrogen-bond donors (Lipinski definition) is 1. The van der Waals surface area contributed by atoms with Crippen molar-refractivity contribution >= 4 is 34.8 Å². The molecular formula is C25H17Cl3O. The fourth-order valence-electron chi connectivity index (χ4n) is 3.81. The Labute approximate surface area is 185 Å². The lowest BCUT2D eigenvalue weighted by atomic mass is 9.65. The number of halogens is 3. The van der Waals surface area contributed by atoms with E-state index in [9.17, 15) is 5.11 Å². The molecule has 4 aromatic carbocycles. The average Bonchev–Trinajstić information content (AvgIpc) is 2.73. The maximum absolute atomic E-state index is 9.89. The maximum Gasteiger partial charge on any atom is 0.115 e. The fraction of sp³-hybridized carbons (Fsp3) is 0.0400. The van der Waals surface area contributed by atoms with Crippen molar-refractivity contribution in [2.24, 2.45) is 0 Å². The van der Waals surface area contributed by atoms with Gasteiger partial charge in [0, 0.05) is 15.1 Å². The molecule has 0 fully saturated rings. The third-order valence-electron chi connectivity index (χ3n) is 5.13. The molecule has 0 heterocycles. The quantitative estimate of drug-likeness (QED) is 0.322. The first-order chi connectivity index (χ1) is 14.0. The van der Waals surface area contributed by atoms with Crippen LogP contribution in [0.2, 0.25) is 15.1 Å². The highest BCUT2D eigenvalue weighted by molar-refractivity contribution is 6.31. The van der Waals surface area contributed by atoms with E-state index in [1.54, 1.807) is 12.1 Å². The van der Waals surface area contributed by atoms with Crippen LogP contribution in [0.25, 0.3) is 0 Å². The van der Waals surface area contributed by atoms with Crippen LogP contribution in [0, 0.1) is 0 Å². The predicted octanol–water partition coefficient (Wildman–Crippen LogP) is 7.74. The van der Waals surface area contributed by atoms with Crippen LogP contribution < -0.4 is 0 Å². The van der Waals surface area contributed by atoms with Gasteiger partial charge in [-0.3, -0.25) is 0 Å². The Kier molecular flexibility index (Phi) is 5.56.